The molecule has 96 valence electrons. The highest BCUT2D eigenvalue weighted by Crippen LogP contribution is 2.21. The van der Waals surface area contributed by atoms with Gasteiger partial charge in [-0.1, -0.05) is 46.0 Å². The number of hydrogen-bond donors (Lipinski definition) is 1. The number of rotatable bonds is 9. The molecular weight excluding hydrogens is 198 g/mol. The van der Waals surface area contributed by atoms with E-state index in [2.05, 4.69) is 19.2 Å². The number of hydrogen-bond acceptors (Lipinski definition) is 2. The van der Waals surface area contributed by atoms with Gasteiger partial charge in [0.05, 0.1) is 6.61 Å². The monoisotopic (exact) mass is 227 g/mol. The minimum absolute atomic E-state index is 0.703. The van der Waals surface area contributed by atoms with Gasteiger partial charge in [0.25, 0.3) is 0 Å². The molecule has 0 aromatic rings. The van der Waals surface area contributed by atoms with Crippen molar-refractivity contribution >= 4 is 0 Å². The molecule has 0 aromatic heterocycles. The van der Waals surface area contributed by atoms with Gasteiger partial charge in [-0.05, 0) is 25.3 Å². The Hall–Kier alpha value is -0.0800. The Morgan fingerprint density at radius 3 is 2.62 bits per heavy atom. The Morgan fingerprint density at radius 1 is 1.19 bits per heavy atom. The fourth-order valence-electron chi connectivity index (χ4n) is 2.60. The van der Waals surface area contributed by atoms with E-state index in [4.69, 9.17) is 4.74 Å². The molecule has 0 saturated carbocycles. The fraction of sp³-hybridized carbons (Fsp3) is 1.00. The Balaban J connectivity index is 2.12. The molecule has 1 saturated heterocycles. The molecule has 0 aromatic carbocycles. The van der Waals surface area contributed by atoms with Crippen LogP contribution in [0.5, 0.6) is 0 Å². The second-order valence-corrected chi connectivity index (χ2v) is 4.99. The summed E-state index contributed by atoms with van der Waals surface area (Å²) in [6.07, 6.45) is 9.54. The van der Waals surface area contributed by atoms with E-state index in [1.54, 1.807) is 0 Å². The first-order valence-electron chi connectivity index (χ1n) is 7.19. The molecule has 1 heterocycles. The lowest BCUT2D eigenvalue weighted by Gasteiger charge is -2.23. The van der Waals surface area contributed by atoms with Crippen LogP contribution in [-0.2, 0) is 4.74 Å². The van der Waals surface area contributed by atoms with Crippen molar-refractivity contribution in [1.82, 2.24) is 5.32 Å². The average molecular weight is 227 g/mol. The van der Waals surface area contributed by atoms with Crippen molar-refractivity contribution in [2.24, 2.45) is 5.92 Å². The zero-order valence-electron chi connectivity index (χ0n) is 11.1. The molecular formula is C14H29NO. The van der Waals surface area contributed by atoms with Crippen molar-refractivity contribution in [1.29, 1.82) is 0 Å². The van der Waals surface area contributed by atoms with E-state index >= 15 is 0 Å². The Labute approximate surface area is 101 Å². The highest BCUT2D eigenvalue weighted by molar-refractivity contribution is 4.78. The highest BCUT2D eigenvalue weighted by Gasteiger charge is 2.24. The predicted octanol–water partition coefficient (Wildman–Crippen LogP) is 3.36. The minimum Gasteiger partial charge on any atom is -0.381 e. The molecule has 1 N–H and O–H groups in total. The van der Waals surface area contributed by atoms with Crippen molar-refractivity contribution in [3.63, 3.8) is 0 Å². The summed E-state index contributed by atoms with van der Waals surface area (Å²) in [5.41, 5.74) is 0. The fourth-order valence-corrected chi connectivity index (χ4v) is 2.60. The van der Waals surface area contributed by atoms with Crippen LogP contribution in [0.25, 0.3) is 0 Å². The summed E-state index contributed by atoms with van der Waals surface area (Å²) in [6.45, 7) is 7.53. The van der Waals surface area contributed by atoms with E-state index in [1.165, 1.54) is 44.9 Å². The topological polar surface area (TPSA) is 21.3 Å². The smallest absolute Gasteiger partial charge is 0.0510 e. The summed E-state index contributed by atoms with van der Waals surface area (Å²) < 4.78 is 5.49. The van der Waals surface area contributed by atoms with Gasteiger partial charge in [0, 0.05) is 12.6 Å². The molecule has 2 unspecified atom stereocenters. The van der Waals surface area contributed by atoms with Gasteiger partial charge >= 0.3 is 0 Å². The van der Waals surface area contributed by atoms with Crippen LogP contribution in [0.4, 0.5) is 0 Å². The zero-order chi connectivity index (χ0) is 11.6. The number of nitrogens with one attached hydrogen (secondary N) is 1. The molecule has 2 nitrogen and oxygen atoms in total. The highest BCUT2D eigenvalue weighted by atomic mass is 16.5. The Morgan fingerprint density at radius 2 is 2.00 bits per heavy atom. The third kappa shape index (κ3) is 5.31. The summed E-state index contributed by atoms with van der Waals surface area (Å²) in [4.78, 5) is 0. The Bertz CT molecular complexity index is 155. The summed E-state index contributed by atoms with van der Waals surface area (Å²) in [5.74, 6) is 0.770. The normalized spacial score (nSPS) is 22.5. The van der Waals surface area contributed by atoms with Gasteiger partial charge in [-0.2, -0.15) is 0 Å². The predicted molar refractivity (Wildman–Crippen MR) is 69.8 cm³/mol. The molecule has 0 amide bonds. The quantitative estimate of drug-likeness (QED) is 0.610. The van der Waals surface area contributed by atoms with Gasteiger partial charge in [0.1, 0.15) is 0 Å². The van der Waals surface area contributed by atoms with Crippen LogP contribution in [0, 0.1) is 5.92 Å². The largest absolute Gasteiger partial charge is 0.381 e. The average Bonchev–Trinajstić information content (AvgIpc) is 2.81. The van der Waals surface area contributed by atoms with Crippen molar-refractivity contribution in [3.05, 3.63) is 0 Å². The number of unbranched alkanes of at least 4 members (excludes halogenated alkanes) is 4. The van der Waals surface area contributed by atoms with Crippen LogP contribution in [0.1, 0.15) is 58.8 Å². The summed E-state index contributed by atoms with van der Waals surface area (Å²) in [6, 6.07) is 0.703. The minimum atomic E-state index is 0.703. The maximum atomic E-state index is 5.49. The lowest BCUT2D eigenvalue weighted by Crippen LogP contribution is -2.36. The molecule has 1 rings (SSSR count). The SMILES string of the molecule is CCCCCCCC(NCC)C1CCOC1. The molecule has 2 heteroatoms. The van der Waals surface area contributed by atoms with E-state index < -0.39 is 0 Å². The van der Waals surface area contributed by atoms with E-state index in [1.807, 2.05) is 0 Å². The van der Waals surface area contributed by atoms with Crippen molar-refractivity contribution < 1.29 is 4.74 Å². The molecule has 1 fully saturated rings. The lowest BCUT2D eigenvalue weighted by molar-refractivity contribution is 0.175. The van der Waals surface area contributed by atoms with Crippen molar-refractivity contribution in [3.8, 4) is 0 Å². The van der Waals surface area contributed by atoms with E-state index in [0.717, 1.165) is 25.7 Å². The second-order valence-electron chi connectivity index (χ2n) is 4.99. The molecule has 0 spiro atoms. The number of ether oxygens (including phenoxy) is 1. The first kappa shape index (κ1) is 14.0. The van der Waals surface area contributed by atoms with Gasteiger partial charge in [0.15, 0.2) is 0 Å². The standard InChI is InChI=1S/C14H29NO/c1-3-5-6-7-8-9-14(15-4-2)13-10-11-16-12-13/h13-15H,3-12H2,1-2H3. The zero-order valence-corrected chi connectivity index (χ0v) is 11.1. The van der Waals surface area contributed by atoms with Crippen LogP contribution >= 0.6 is 0 Å². The third-order valence-corrected chi connectivity index (χ3v) is 3.62. The van der Waals surface area contributed by atoms with Crippen LogP contribution in [0.3, 0.4) is 0 Å². The summed E-state index contributed by atoms with van der Waals surface area (Å²) >= 11 is 0. The second kappa shape index (κ2) is 9.00. The van der Waals surface area contributed by atoms with Gasteiger partial charge in [-0.25, -0.2) is 0 Å². The van der Waals surface area contributed by atoms with E-state index in [-0.39, 0.29) is 0 Å². The van der Waals surface area contributed by atoms with Crippen LogP contribution in [0.15, 0.2) is 0 Å². The van der Waals surface area contributed by atoms with Crippen LogP contribution in [0.2, 0.25) is 0 Å². The molecule has 1 aliphatic heterocycles. The molecule has 1 aliphatic rings. The van der Waals surface area contributed by atoms with Gasteiger partial charge in [-0.3, -0.25) is 0 Å². The van der Waals surface area contributed by atoms with Gasteiger partial charge < -0.3 is 10.1 Å². The van der Waals surface area contributed by atoms with Crippen molar-refractivity contribution in [2.45, 2.75) is 64.8 Å². The van der Waals surface area contributed by atoms with E-state index in [9.17, 15) is 0 Å². The molecule has 16 heavy (non-hydrogen) atoms. The van der Waals surface area contributed by atoms with Gasteiger partial charge in [0.2, 0.25) is 0 Å². The van der Waals surface area contributed by atoms with Crippen LogP contribution < -0.4 is 5.32 Å². The maximum Gasteiger partial charge on any atom is 0.0510 e. The first-order chi connectivity index (χ1) is 7.88. The lowest BCUT2D eigenvalue weighted by atomic mass is 9.93. The van der Waals surface area contributed by atoms with Gasteiger partial charge in [-0.15, -0.1) is 0 Å². The summed E-state index contributed by atoms with van der Waals surface area (Å²) in [5, 5.41) is 3.64. The molecule has 0 bridgehead atoms. The third-order valence-electron chi connectivity index (χ3n) is 3.62. The maximum absolute atomic E-state index is 5.49. The molecule has 0 aliphatic carbocycles. The molecule has 0 radical (unpaired) electrons. The van der Waals surface area contributed by atoms with E-state index in [0.29, 0.717) is 6.04 Å². The molecule has 2 atom stereocenters. The first-order valence-corrected chi connectivity index (χ1v) is 7.19. The van der Waals surface area contributed by atoms with Crippen molar-refractivity contribution in [2.75, 3.05) is 19.8 Å². The van der Waals surface area contributed by atoms with Crippen LogP contribution in [-0.4, -0.2) is 25.8 Å². The summed E-state index contributed by atoms with van der Waals surface area (Å²) in [7, 11) is 0. The Kier molecular flexibility index (Phi) is 7.87.